The Morgan fingerprint density at radius 1 is 0.970 bits per heavy atom. The summed E-state index contributed by atoms with van der Waals surface area (Å²) in [5, 5.41) is 31.0. The van der Waals surface area contributed by atoms with Crippen LogP contribution in [0.15, 0.2) is 90.2 Å². The van der Waals surface area contributed by atoms with Gasteiger partial charge in [-0.2, -0.15) is 0 Å². The summed E-state index contributed by atoms with van der Waals surface area (Å²) in [4.78, 5) is 0. The molecule has 0 bridgehead atoms. The number of aliphatic hydroxyl groups is 2. The first kappa shape index (κ1) is 24.4. The van der Waals surface area contributed by atoms with Gasteiger partial charge in [-0.1, -0.05) is 48.0 Å². The van der Waals surface area contributed by atoms with Gasteiger partial charge in [-0.25, -0.2) is 0 Å². The molecule has 0 spiro atoms. The normalized spacial score (nSPS) is 12.4. The number of hydrogen-bond donors (Lipinski definition) is 3. The third-order valence-electron chi connectivity index (χ3n) is 5.09. The van der Waals surface area contributed by atoms with Crippen LogP contribution in [0.1, 0.15) is 36.2 Å². The molecule has 2 atom stereocenters. The van der Waals surface area contributed by atoms with E-state index in [1.165, 1.54) is 12.1 Å². The molecule has 33 heavy (non-hydrogen) atoms. The predicted octanol–water partition coefficient (Wildman–Crippen LogP) is 5.76. The fourth-order valence-corrected chi connectivity index (χ4v) is 3.55. The maximum absolute atomic E-state index is 10.7. The number of para-hydroxylation sites is 1. The molecule has 0 aromatic heterocycles. The summed E-state index contributed by atoms with van der Waals surface area (Å²) in [6.07, 6.45) is 0.679. The Hall–Kier alpha value is -3.21. The van der Waals surface area contributed by atoms with Gasteiger partial charge in [0.1, 0.15) is 23.9 Å². The standard InChI is InChI=1S/C27H27ClO5/c1-32-22-13-10-20(11-14-22)27(31)16-19(18-33-23-7-3-2-4-8-23)6-5-9-26(30)24-15-12-21(29)17-25(24)28/h2-5,7-8,10-15,17,26-27,29-31H,9,16,18H2,1H3/t6?,26-,27-/m1/s1. The molecule has 3 rings (SSSR count). The van der Waals surface area contributed by atoms with E-state index in [0.29, 0.717) is 22.8 Å². The van der Waals surface area contributed by atoms with Crippen molar-refractivity contribution in [1.29, 1.82) is 0 Å². The Kier molecular flexibility index (Phi) is 8.99. The molecule has 0 radical (unpaired) electrons. The number of rotatable bonds is 10. The van der Waals surface area contributed by atoms with Crippen LogP contribution in [-0.2, 0) is 0 Å². The Morgan fingerprint density at radius 3 is 2.36 bits per heavy atom. The number of aliphatic hydroxyl groups excluding tert-OH is 2. The number of phenolic OH excluding ortho intramolecular Hbond substituents is 1. The fraction of sp³-hybridized carbons (Fsp3) is 0.222. The monoisotopic (exact) mass is 466 g/mol. The number of halogens is 1. The van der Waals surface area contributed by atoms with Gasteiger partial charge < -0.3 is 24.8 Å². The number of hydrogen-bond acceptors (Lipinski definition) is 5. The van der Waals surface area contributed by atoms with E-state index in [-0.39, 0.29) is 18.8 Å². The van der Waals surface area contributed by atoms with Crippen LogP contribution in [0, 0.1) is 0 Å². The minimum absolute atomic E-state index is 0.0410. The first-order valence-corrected chi connectivity index (χ1v) is 10.9. The molecule has 3 N–H and O–H groups in total. The summed E-state index contributed by atoms with van der Waals surface area (Å²) in [5.41, 5.74) is 5.19. The van der Waals surface area contributed by atoms with Gasteiger partial charge in [0.05, 0.1) is 24.3 Å². The summed E-state index contributed by atoms with van der Waals surface area (Å²) in [5.74, 6) is 1.47. The van der Waals surface area contributed by atoms with Crippen molar-refractivity contribution in [3.05, 3.63) is 106 Å². The highest BCUT2D eigenvalue weighted by Gasteiger charge is 2.13. The van der Waals surface area contributed by atoms with E-state index >= 15 is 0 Å². The van der Waals surface area contributed by atoms with Crippen LogP contribution in [0.3, 0.4) is 0 Å². The van der Waals surface area contributed by atoms with Crippen LogP contribution in [0.2, 0.25) is 5.02 Å². The highest BCUT2D eigenvalue weighted by Crippen LogP contribution is 2.29. The van der Waals surface area contributed by atoms with Gasteiger partial charge in [0.25, 0.3) is 0 Å². The molecule has 0 aliphatic rings. The van der Waals surface area contributed by atoms with Crippen molar-refractivity contribution in [3.8, 4) is 17.2 Å². The fourth-order valence-electron chi connectivity index (χ4n) is 3.25. The molecule has 0 unspecified atom stereocenters. The molecule has 0 saturated carbocycles. The average Bonchev–Trinajstić information content (AvgIpc) is 2.83. The highest BCUT2D eigenvalue weighted by molar-refractivity contribution is 6.31. The minimum Gasteiger partial charge on any atom is -0.508 e. The summed E-state index contributed by atoms with van der Waals surface area (Å²) in [6, 6.07) is 21.1. The Labute approximate surface area is 198 Å². The summed E-state index contributed by atoms with van der Waals surface area (Å²) >= 11 is 6.12. The molecule has 0 aliphatic carbocycles. The lowest BCUT2D eigenvalue weighted by molar-refractivity contribution is 0.173. The van der Waals surface area contributed by atoms with Crippen molar-refractivity contribution < 1.29 is 24.8 Å². The van der Waals surface area contributed by atoms with E-state index in [1.807, 2.05) is 42.5 Å². The lowest BCUT2D eigenvalue weighted by Crippen LogP contribution is -2.06. The second kappa shape index (κ2) is 12.1. The summed E-state index contributed by atoms with van der Waals surface area (Å²) in [6.45, 7) is 0.240. The number of methoxy groups -OCH3 is 1. The number of phenols is 1. The third kappa shape index (κ3) is 7.41. The van der Waals surface area contributed by atoms with Crippen LogP contribution in [0.25, 0.3) is 0 Å². The third-order valence-corrected chi connectivity index (χ3v) is 5.41. The van der Waals surface area contributed by atoms with Crippen molar-refractivity contribution in [2.75, 3.05) is 13.7 Å². The second-order valence-corrected chi connectivity index (χ2v) is 7.91. The average molecular weight is 467 g/mol. The van der Waals surface area contributed by atoms with E-state index in [2.05, 4.69) is 5.73 Å². The van der Waals surface area contributed by atoms with Crippen molar-refractivity contribution in [2.24, 2.45) is 0 Å². The van der Waals surface area contributed by atoms with Gasteiger partial charge in [-0.15, -0.1) is 5.73 Å². The molecule has 3 aromatic carbocycles. The zero-order valence-corrected chi connectivity index (χ0v) is 19.1. The van der Waals surface area contributed by atoms with Crippen LogP contribution in [-0.4, -0.2) is 29.0 Å². The summed E-state index contributed by atoms with van der Waals surface area (Å²) < 4.78 is 11.0. The molecule has 5 nitrogen and oxygen atoms in total. The molecule has 0 aliphatic heterocycles. The Balaban J connectivity index is 1.74. The van der Waals surface area contributed by atoms with E-state index in [1.54, 1.807) is 31.4 Å². The van der Waals surface area contributed by atoms with E-state index in [4.69, 9.17) is 21.1 Å². The zero-order chi connectivity index (χ0) is 23.6. The number of aromatic hydroxyl groups is 1. The Morgan fingerprint density at radius 2 is 1.70 bits per heavy atom. The molecule has 172 valence electrons. The van der Waals surface area contributed by atoms with Crippen molar-refractivity contribution >= 4 is 11.6 Å². The number of benzene rings is 3. The van der Waals surface area contributed by atoms with E-state index in [9.17, 15) is 15.3 Å². The molecule has 0 amide bonds. The maximum Gasteiger partial charge on any atom is 0.119 e. The minimum atomic E-state index is -0.853. The quantitative estimate of drug-likeness (QED) is 0.331. The van der Waals surface area contributed by atoms with Crippen molar-refractivity contribution in [2.45, 2.75) is 25.0 Å². The van der Waals surface area contributed by atoms with Gasteiger partial charge in [0, 0.05) is 18.4 Å². The number of ether oxygens (including phenoxy) is 2. The van der Waals surface area contributed by atoms with Gasteiger partial charge in [-0.05, 0) is 53.6 Å². The topological polar surface area (TPSA) is 79.2 Å². The largest absolute Gasteiger partial charge is 0.508 e. The zero-order valence-electron chi connectivity index (χ0n) is 18.3. The smallest absolute Gasteiger partial charge is 0.119 e. The highest BCUT2D eigenvalue weighted by atomic mass is 35.5. The molecule has 0 saturated heterocycles. The van der Waals surface area contributed by atoms with Crippen LogP contribution < -0.4 is 9.47 Å². The maximum atomic E-state index is 10.7. The van der Waals surface area contributed by atoms with Crippen molar-refractivity contribution in [1.82, 2.24) is 0 Å². The van der Waals surface area contributed by atoms with Gasteiger partial charge in [-0.3, -0.25) is 0 Å². The Bertz CT molecular complexity index is 1090. The molecular weight excluding hydrogens is 440 g/mol. The molecule has 3 aromatic rings. The summed E-state index contributed by atoms with van der Waals surface area (Å²) in [7, 11) is 1.59. The van der Waals surface area contributed by atoms with Gasteiger partial charge >= 0.3 is 0 Å². The second-order valence-electron chi connectivity index (χ2n) is 7.50. The van der Waals surface area contributed by atoms with E-state index in [0.717, 1.165) is 16.9 Å². The lowest BCUT2D eigenvalue weighted by atomic mass is 10.0. The first-order valence-electron chi connectivity index (χ1n) is 10.6. The van der Waals surface area contributed by atoms with Crippen LogP contribution in [0.5, 0.6) is 17.2 Å². The SMILES string of the molecule is COc1ccc([C@H](O)CC(=C=CC[C@@H](O)c2ccc(O)cc2Cl)COc2ccccc2)cc1. The van der Waals surface area contributed by atoms with Crippen LogP contribution in [0.4, 0.5) is 0 Å². The van der Waals surface area contributed by atoms with Gasteiger partial charge in [0.15, 0.2) is 0 Å². The lowest BCUT2D eigenvalue weighted by Gasteiger charge is -2.14. The molecule has 6 heteroatoms. The predicted molar refractivity (Wildman–Crippen MR) is 129 cm³/mol. The van der Waals surface area contributed by atoms with Crippen molar-refractivity contribution in [3.63, 3.8) is 0 Å². The molecular formula is C27H27ClO5. The first-order chi connectivity index (χ1) is 16.0. The van der Waals surface area contributed by atoms with Crippen LogP contribution >= 0.6 is 11.6 Å². The molecule has 0 heterocycles. The van der Waals surface area contributed by atoms with Gasteiger partial charge in [0.2, 0.25) is 0 Å². The van der Waals surface area contributed by atoms with E-state index < -0.39 is 12.2 Å². The molecule has 0 fully saturated rings.